The van der Waals surface area contributed by atoms with Gasteiger partial charge in [-0.3, -0.25) is 24.5 Å². The highest BCUT2D eigenvalue weighted by molar-refractivity contribution is 5.99. The average Bonchev–Trinajstić information content (AvgIpc) is 3.09. The van der Waals surface area contributed by atoms with Crippen molar-refractivity contribution >= 4 is 28.5 Å². The van der Waals surface area contributed by atoms with Crippen molar-refractivity contribution in [3.8, 4) is 0 Å². The number of imidazole rings is 1. The van der Waals surface area contributed by atoms with Crippen LogP contribution in [0.15, 0.2) is 39.0 Å². The number of nitro benzene ring substituents is 1. The Kier molecular flexibility index (Phi) is 5.75. The first kappa shape index (κ1) is 20.9. The zero-order chi connectivity index (χ0) is 22.0. The van der Waals surface area contributed by atoms with E-state index in [-0.39, 0.29) is 29.3 Å². The largest absolute Gasteiger partial charge is 0.394 e. The maximum absolute atomic E-state index is 12.3. The van der Waals surface area contributed by atoms with Crippen LogP contribution in [0.1, 0.15) is 12.5 Å². The Hall–Kier alpha value is -3.84. The molecule has 0 radical (unpaired) electrons. The number of fused-ring (bicyclic) bond motifs is 1. The lowest BCUT2D eigenvalue weighted by Crippen LogP contribution is -2.30. The molecule has 0 spiro atoms. The van der Waals surface area contributed by atoms with Crippen LogP contribution in [0, 0.1) is 10.1 Å². The predicted molar refractivity (Wildman–Crippen MR) is 108 cm³/mol. The van der Waals surface area contributed by atoms with Crippen LogP contribution < -0.4 is 16.7 Å². The summed E-state index contributed by atoms with van der Waals surface area (Å²) >= 11 is 0. The summed E-state index contributed by atoms with van der Waals surface area (Å²) < 4.78 is 2.44. The van der Waals surface area contributed by atoms with Crippen molar-refractivity contribution in [3.63, 3.8) is 0 Å². The number of hydrogen-bond acceptors (Lipinski definition) is 9. The molecule has 158 valence electrons. The minimum absolute atomic E-state index is 0.0234. The molecule has 13 nitrogen and oxygen atoms in total. The molecule has 0 bridgehead atoms. The number of benzene rings is 1. The van der Waals surface area contributed by atoms with E-state index in [0.29, 0.717) is 11.3 Å². The molecule has 3 aromatic rings. The van der Waals surface area contributed by atoms with Gasteiger partial charge in [0.05, 0.1) is 29.9 Å². The molecular formula is C17H19N7O6. The topological polar surface area (TPSA) is 181 Å². The molecule has 1 aromatic carbocycles. The number of nitrogens with zero attached hydrogens (tertiary/aromatic N) is 5. The van der Waals surface area contributed by atoms with Gasteiger partial charge >= 0.3 is 5.69 Å². The normalized spacial score (nSPS) is 12.9. The molecule has 0 saturated heterocycles. The highest BCUT2D eigenvalue weighted by Gasteiger charge is 2.19. The first-order valence-electron chi connectivity index (χ1n) is 8.76. The van der Waals surface area contributed by atoms with Gasteiger partial charge in [-0.25, -0.2) is 10.2 Å². The number of aromatic nitrogens is 4. The highest BCUT2D eigenvalue weighted by atomic mass is 16.6. The Morgan fingerprint density at radius 2 is 2.03 bits per heavy atom. The Morgan fingerprint density at radius 3 is 2.63 bits per heavy atom. The summed E-state index contributed by atoms with van der Waals surface area (Å²) in [5.74, 6) is 0.0606. The Morgan fingerprint density at radius 1 is 1.37 bits per heavy atom. The average molecular weight is 417 g/mol. The van der Waals surface area contributed by atoms with Crippen molar-refractivity contribution in [2.75, 3.05) is 12.0 Å². The maximum Gasteiger partial charge on any atom is 0.329 e. The molecule has 1 unspecified atom stereocenters. The number of aromatic amines is 1. The zero-order valence-electron chi connectivity index (χ0n) is 16.1. The summed E-state index contributed by atoms with van der Waals surface area (Å²) in [6.07, 6.45) is -1.18. The molecule has 3 rings (SSSR count). The van der Waals surface area contributed by atoms with Gasteiger partial charge in [0, 0.05) is 19.2 Å². The van der Waals surface area contributed by atoms with Crippen LogP contribution in [0.3, 0.4) is 0 Å². The molecule has 0 fully saturated rings. The van der Waals surface area contributed by atoms with Gasteiger partial charge < -0.3 is 14.8 Å². The summed E-state index contributed by atoms with van der Waals surface area (Å²) in [5, 5.41) is 34.0. The molecule has 0 aliphatic carbocycles. The lowest BCUT2D eigenvalue weighted by atomic mass is 10.1. The first-order valence-corrected chi connectivity index (χ1v) is 8.76. The monoisotopic (exact) mass is 417 g/mol. The molecule has 0 saturated carbocycles. The van der Waals surface area contributed by atoms with Crippen molar-refractivity contribution in [2.24, 2.45) is 12.1 Å². The number of aryl methyl sites for hydroxylation is 1. The van der Waals surface area contributed by atoms with Gasteiger partial charge in [0.1, 0.15) is 0 Å². The van der Waals surface area contributed by atoms with E-state index in [2.05, 4.69) is 20.5 Å². The van der Waals surface area contributed by atoms with E-state index in [1.165, 1.54) is 35.9 Å². The lowest BCUT2D eigenvalue weighted by Gasteiger charge is -2.12. The fourth-order valence-electron chi connectivity index (χ4n) is 2.79. The number of anilines is 1. The number of nitrogens with one attached hydrogen (secondary N) is 2. The SMILES string of the molecule is C/C(=N/Nc1nc2c(c(=O)[nH]c(=O)n2C)n1CC(O)CO)c1ccc([N+](=O)[O-])cc1. The van der Waals surface area contributed by atoms with Crippen LogP contribution in [-0.2, 0) is 13.6 Å². The summed E-state index contributed by atoms with van der Waals surface area (Å²) in [7, 11) is 1.43. The summed E-state index contributed by atoms with van der Waals surface area (Å²) in [5.41, 5.74) is 2.44. The Bertz CT molecular complexity index is 1240. The third-order valence-electron chi connectivity index (χ3n) is 4.43. The molecule has 1 atom stereocenters. The van der Waals surface area contributed by atoms with Gasteiger partial charge in [0.25, 0.3) is 11.2 Å². The second kappa shape index (κ2) is 8.26. The number of hydrogen-bond donors (Lipinski definition) is 4. The predicted octanol–water partition coefficient (Wildman–Crippen LogP) is -0.479. The van der Waals surface area contributed by atoms with Gasteiger partial charge in [0.15, 0.2) is 11.2 Å². The number of hydrazone groups is 1. The molecule has 0 amide bonds. The van der Waals surface area contributed by atoms with Crippen LogP contribution in [0.4, 0.5) is 11.6 Å². The Labute approximate surface area is 168 Å². The van der Waals surface area contributed by atoms with Crippen molar-refractivity contribution in [1.82, 2.24) is 19.1 Å². The van der Waals surface area contributed by atoms with E-state index in [1.807, 2.05) is 0 Å². The molecule has 4 N–H and O–H groups in total. The number of aliphatic hydroxyl groups is 2. The zero-order valence-corrected chi connectivity index (χ0v) is 16.1. The van der Waals surface area contributed by atoms with E-state index in [1.54, 1.807) is 6.92 Å². The van der Waals surface area contributed by atoms with E-state index >= 15 is 0 Å². The second-order valence-corrected chi connectivity index (χ2v) is 6.49. The number of H-pyrrole nitrogens is 1. The van der Waals surface area contributed by atoms with Gasteiger partial charge in [-0.1, -0.05) is 0 Å². The maximum atomic E-state index is 12.3. The van der Waals surface area contributed by atoms with E-state index in [0.717, 1.165) is 4.57 Å². The number of aliphatic hydroxyl groups excluding tert-OH is 2. The van der Waals surface area contributed by atoms with Crippen molar-refractivity contribution in [2.45, 2.75) is 19.6 Å². The van der Waals surface area contributed by atoms with Gasteiger partial charge in [-0.05, 0) is 24.6 Å². The van der Waals surface area contributed by atoms with Crippen LogP contribution in [0.2, 0.25) is 0 Å². The summed E-state index contributed by atoms with van der Waals surface area (Å²) in [6, 6.07) is 5.75. The van der Waals surface area contributed by atoms with Crippen molar-refractivity contribution < 1.29 is 15.1 Å². The van der Waals surface area contributed by atoms with E-state index < -0.39 is 28.9 Å². The van der Waals surface area contributed by atoms with E-state index in [4.69, 9.17) is 0 Å². The molecule has 2 heterocycles. The smallest absolute Gasteiger partial charge is 0.329 e. The molecule has 0 aliphatic heterocycles. The molecule has 2 aromatic heterocycles. The van der Waals surface area contributed by atoms with Gasteiger partial charge in [-0.2, -0.15) is 10.1 Å². The van der Waals surface area contributed by atoms with E-state index in [9.17, 15) is 29.9 Å². The molecular weight excluding hydrogens is 398 g/mol. The number of non-ortho nitro benzene ring substituents is 1. The highest BCUT2D eigenvalue weighted by Crippen LogP contribution is 2.17. The summed E-state index contributed by atoms with van der Waals surface area (Å²) in [6.45, 7) is 0.933. The molecule has 13 heteroatoms. The minimum Gasteiger partial charge on any atom is -0.394 e. The summed E-state index contributed by atoms with van der Waals surface area (Å²) in [4.78, 5) is 40.8. The molecule has 30 heavy (non-hydrogen) atoms. The van der Waals surface area contributed by atoms with Gasteiger partial charge in [0.2, 0.25) is 5.95 Å². The Balaban J connectivity index is 2.03. The third kappa shape index (κ3) is 3.97. The van der Waals surface area contributed by atoms with Crippen LogP contribution in [0.5, 0.6) is 0 Å². The van der Waals surface area contributed by atoms with Crippen molar-refractivity contribution in [3.05, 3.63) is 60.8 Å². The van der Waals surface area contributed by atoms with Crippen LogP contribution in [0.25, 0.3) is 11.2 Å². The first-order chi connectivity index (χ1) is 14.2. The van der Waals surface area contributed by atoms with Crippen LogP contribution in [-0.4, -0.2) is 52.7 Å². The molecule has 0 aliphatic rings. The fraction of sp³-hybridized carbons (Fsp3) is 0.294. The fourth-order valence-corrected chi connectivity index (χ4v) is 2.79. The minimum atomic E-state index is -1.18. The number of rotatable bonds is 7. The van der Waals surface area contributed by atoms with Gasteiger partial charge in [-0.15, -0.1) is 0 Å². The van der Waals surface area contributed by atoms with Crippen LogP contribution >= 0.6 is 0 Å². The van der Waals surface area contributed by atoms with Crippen molar-refractivity contribution in [1.29, 1.82) is 0 Å². The quantitative estimate of drug-likeness (QED) is 0.226. The second-order valence-electron chi connectivity index (χ2n) is 6.49. The third-order valence-corrected chi connectivity index (χ3v) is 4.43. The number of nitro groups is 1. The standard InChI is InChI=1S/C17H19N7O6/c1-9(10-3-5-11(6-4-10)24(29)30)20-21-16-18-14-13(23(16)7-12(26)8-25)15(27)19-17(28)22(14)2/h3-6,12,25-26H,7-8H2,1-2H3,(H,18,21)(H,19,27,28)/b20-9-. The lowest BCUT2D eigenvalue weighted by molar-refractivity contribution is -0.384.